The molecular formula is C15H18F2N2. The third kappa shape index (κ3) is 4.02. The maximum absolute atomic E-state index is 13.5. The summed E-state index contributed by atoms with van der Waals surface area (Å²) < 4.78 is 26.3. The first-order valence-electron chi connectivity index (χ1n) is 5.86. The van der Waals surface area contributed by atoms with E-state index in [-0.39, 0.29) is 16.7 Å². The van der Waals surface area contributed by atoms with Crippen LogP contribution < -0.4 is 5.73 Å². The van der Waals surface area contributed by atoms with Gasteiger partial charge in [0.05, 0.1) is 5.70 Å². The fourth-order valence-corrected chi connectivity index (χ4v) is 1.43. The van der Waals surface area contributed by atoms with Gasteiger partial charge < -0.3 is 5.73 Å². The van der Waals surface area contributed by atoms with Crippen LogP contribution >= 0.6 is 0 Å². The van der Waals surface area contributed by atoms with E-state index in [1.54, 1.807) is 6.21 Å². The SMILES string of the molecule is C=C(N=C/C(=C\N)C(C)(C)C)c1ccc(F)cc1F. The second-order valence-electron chi connectivity index (χ2n) is 5.20. The summed E-state index contributed by atoms with van der Waals surface area (Å²) in [4.78, 5) is 4.09. The molecule has 0 saturated carbocycles. The molecule has 0 bridgehead atoms. The third-order valence-corrected chi connectivity index (χ3v) is 2.65. The van der Waals surface area contributed by atoms with Crippen molar-refractivity contribution in [3.05, 3.63) is 53.7 Å². The van der Waals surface area contributed by atoms with Crippen molar-refractivity contribution in [1.82, 2.24) is 0 Å². The molecule has 2 N–H and O–H groups in total. The van der Waals surface area contributed by atoms with Gasteiger partial charge in [-0.1, -0.05) is 27.4 Å². The average molecular weight is 264 g/mol. The van der Waals surface area contributed by atoms with Gasteiger partial charge >= 0.3 is 0 Å². The van der Waals surface area contributed by atoms with Gasteiger partial charge in [0.15, 0.2) is 0 Å². The highest BCUT2D eigenvalue weighted by atomic mass is 19.1. The molecule has 0 fully saturated rings. The molecule has 0 atom stereocenters. The Morgan fingerprint density at radius 1 is 1.32 bits per heavy atom. The molecule has 0 aliphatic carbocycles. The highest BCUT2D eigenvalue weighted by Crippen LogP contribution is 2.24. The Hall–Kier alpha value is -1.97. The fourth-order valence-electron chi connectivity index (χ4n) is 1.43. The molecule has 0 aliphatic rings. The number of rotatable bonds is 3. The molecule has 102 valence electrons. The average Bonchev–Trinajstić information content (AvgIpc) is 2.27. The van der Waals surface area contributed by atoms with Crippen molar-refractivity contribution in [2.75, 3.05) is 0 Å². The summed E-state index contributed by atoms with van der Waals surface area (Å²) in [6.45, 7) is 9.63. The molecule has 4 heteroatoms. The molecule has 19 heavy (non-hydrogen) atoms. The molecule has 2 nitrogen and oxygen atoms in total. The first kappa shape index (κ1) is 15.1. The van der Waals surface area contributed by atoms with Gasteiger partial charge in [0.2, 0.25) is 0 Å². The molecule has 1 aromatic rings. The summed E-state index contributed by atoms with van der Waals surface area (Å²) in [6.07, 6.45) is 3.00. The van der Waals surface area contributed by atoms with E-state index < -0.39 is 11.6 Å². The maximum Gasteiger partial charge on any atom is 0.135 e. The minimum absolute atomic E-state index is 0.167. The summed E-state index contributed by atoms with van der Waals surface area (Å²) in [5, 5.41) is 0. The van der Waals surface area contributed by atoms with Crippen molar-refractivity contribution < 1.29 is 8.78 Å². The Balaban J connectivity index is 2.97. The molecule has 1 aromatic carbocycles. The fraction of sp³-hybridized carbons (Fsp3) is 0.267. The lowest BCUT2D eigenvalue weighted by molar-refractivity contribution is 0.525. The van der Waals surface area contributed by atoms with Gasteiger partial charge in [0.25, 0.3) is 0 Å². The number of benzene rings is 1. The van der Waals surface area contributed by atoms with Crippen molar-refractivity contribution in [3.8, 4) is 0 Å². The Morgan fingerprint density at radius 2 is 1.95 bits per heavy atom. The number of allylic oxidation sites excluding steroid dienone is 1. The van der Waals surface area contributed by atoms with E-state index in [1.807, 2.05) is 20.8 Å². The Morgan fingerprint density at radius 3 is 2.42 bits per heavy atom. The van der Waals surface area contributed by atoms with E-state index in [9.17, 15) is 8.78 Å². The maximum atomic E-state index is 13.5. The van der Waals surface area contributed by atoms with E-state index in [4.69, 9.17) is 5.73 Å². The largest absolute Gasteiger partial charge is 0.404 e. The van der Waals surface area contributed by atoms with Gasteiger partial charge in [-0.3, -0.25) is 4.99 Å². The van der Waals surface area contributed by atoms with Crippen LogP contribution in [-0.2, 0) is 0 Å². The lowest BCUT2D eigenvalue weighted by atomic mass is 9.88. The number of aliphatic imine (C=N–C) groups is 1. The lowest BCUT2D eigenvalue weighted by Crippen LogP contribution is -2.12. The van der Waals surface area contributed by atoms with Crippen molar-refractivity contribution in [1.29, 1.82) is 0 Å². The van der Waals surface area contributed by atoms with Gasteiger partial charge in [0, 0.05) is 17.8 Å². The molecule has 1 rings (SSSR count). The number of nitrogens with zero attached hydrogens (tertiary/aromatic N) is 1. The Bertz CT molecular complexity index is 538. The zero-order valence-electron chi connectivity index (χ0n) is 11.4. The molecule has 0 heterocycles. The van der Waals surface area contributed by atoms with Gasteiger partial charge in [-0.15, -0.1) is 0 Å². The molecule has 0 spiro atoms. The quantitative estimate of drug-likeness (QED) is 0.826. The minimum Gasteiger partial charge on any atom is -0.404 e. The number of halogens is 2. The predicted molar refractivity (Wildman–Crippen MR) is 75.6 cm³/mol. The van der Waals surface area contributed by atoms with Crippen LogP contribution in [0.4, 0.5) is 8.78 Å². The predicted octanol–water partition coefficient (Wildman–Crippen LogP) is 3.90. The van der Waals surface area contributed by atoms with Crippen molar-refractivity contribution in [3.63, 3.8) is 0 Å². The molecule has 0 unspecified atom stereocenters. The normalized spacial score (nSPS) is 13.0. The van der Waals surface area contributed by atoms with Crippen molar-refractivity contribution >= 4 is 11.9 Å². The second kappa shape index (κ2) is 5.78. The van der Waals surface area contributed by atoms with Crippen LogP contribution in [0.5, 0.6) is 0 Å². The van der Waals surface area contributed by atoms with Crippen molar-refractivity contribution in [2.45, 2.75) is 20.8 Å². The first-order chi connectivity index (χ1) is 8.75. The molecule has 0 aromatic heterocycles. The van der Waals surface area contributed by atoms with E-state index in [0.717, 1.165) is 11.6 Å². The van der Waals surface area contributed by atoms with E-state index in [1.165, 1.54) is 18.3 Å². The van der Waals surface area contributed by atoms with Gasteiger partial charge in [-0.2, -0.15) is 0 Å². The smallest absolute Gasteiger partial charge is 0.135 e. The molecule has 0 amide bonds. The standard InChI is InChI=1S/C15H18F2N2/c1-10(13-6-5-12(16)7-14(13)17)19-9-11(8-18)15(2,3)4/h5-9H,1,18H2,2-4H3/b11-8+,19-9?. The number of hydrogen-bond donors (Lipinski definition) is 1. The zero-order chi connectivity index (χ0) is 14.6. The summed E-state index contributed by atoms with van der Waals surface area (Å²) >= 11 is 0. The molecule has 0 aliphatic heterocycles. The highest BCUT2D eigenvalue weighted by Gasteiger charge is 2.15. The van der Waals surface area contributed by atoms with Crippen LogP contribution in [0.2, 0.25) is 0 Å². The van der Waals surface area contributed by atoms with Crippen LogP contribution in [0.25, 0.3) is 5.70 Å². The van der Waals surface area contributed by atoms with E-state index in [0.29, 0.717) is 0 Å². The van der Waals surface area contributed by atoms with E-state index in [2.05, 4.69) is 11.6 Å². The molecular weight excluding hydrogens is 246 g/mol. The van der Waals surface area contributed by atoms with Crippen LogP contribution in [0.1, 0.15) is 26.3 Å². The first-order valence-corrected chi connectivity index (χ1v) is 5.86. The Kier molecular flexibility index (Phi) is 4.59. The topological polar surface area (TPSA) is 38.4 Å². The lowest BCUT2D eigenvalue weighted by Gasteiger charge is -2.18. The Labute approximate surface area is 112 Å². The summed E-state index contributed by atoms with van der Waals surface area (Å²) in [5.41, 5.74) is 6.55. The van der Waals surface area contributed by atoms with Crippen LogP contribution in [0, 0.1) is 17.0 Å². The highest BCUT2D eigenvalue weighted by molar-refractivity contribution is 5.85. The van der Waals surface area contributed by atoms with Crippen molar-refractivity contribution in [2.24, 2.45) is 16.1 Å². The second-order valence-corrected chi connectivity index (χ2v) is 5.20. The zero-order valence-corrected chi connectivity index (χ0v) is 11.4. The summed E-state index contributed by atoms with van der Waals surface area (Å²) in [5.74, 6) is -1.31. The van der Waals surface area contributed by atoms with Gasteiger partial charge in [-0.05, 0) is 29.3 Å². The minimum atomic E-state index is -0.684. The van der Waals surface area contributed by atoms with E-state index >= 15 is 0 Å². The number of nitrogens with two attached hydrogens (primary N) is 1. The van der Waals surface area contributed by atoms with Crippen LogP contribution in [-0.4, -0.2) is 6.21 Å². The summed E-state index contributed by atoms with van der Waals surface area (Å²) in [6, 6.07) is 3.29. The van der Waals surface area contributed by atoms with Crippen LogP contribution in [0.15, 0.2) is 41.5 Å². The number of hydrogen-bond acceptors (Lipinski definition) is 2. The molecule has 0 radical (unpaired) electrons. The monoisotopic (exact) mass is 264 g/mol. The molecule has 0 saturated heterocycles. The van der Waals surface area contributed by atoms with Crippen LogP contribution in [0.3, 0.4) is 0 Å². The third-order valence-electron chi connectivity index (χ3n) is 2.65. The summed E-state index contributed by atoms with van der Waals surface area (Å²) in [7, 11) is 0. The van der Waals surface area contributed by atoms with Gasteiger partial charge in [-0.25, -0.2) is 8.78 Å². The van der Waals surface area contributed by atoms with Gasteiger partial charge in [0.1, 0.15) is 11.6 Å².